The van der Waals surface area contributed by atoms with Crippen LogP contribution in [0.1, 0.15) is 20.3 Å². The molecule has 0 saturated carbocycles. The van der Waals surface area contributed by atoms with Crippen LogP contribution < -0.4 is 5.14 Å². The molecule has 0 fully saturated rings. The van der Waals surface area contributed by atoms with Crippen LogP contribution in [-0.4, -0.2) is 48.3 Å². The molecule has 7 heteroatoms. The minimum absolute atomic E-state index is 0.224. The summed E-state index contributed by atoms with van der Waals surface area (Å²) < 4.78 is 21.0. The lowest BCUT2D eigenvalue weighted by Gasteiger charge is -2.27. The van der Waals surface area contributed by atoms with Crippen molar-refractivity contribution in [2.24, 2.45) is 0 Å². The standard InChI is InChI=1S/C7H17N2O4S/c1-6(10)9(7(2)11)4-3-5-14(8,12)13/h6-8,10-11H,3-5H2,1-2H3. The Morgan fingerprint density at radius 3 is 2.00 bits per heavy atom. The largest absolute Gasteiger partial charge is 0.379 e. The van der Waals surface area contributed by atoms with Gasteiger partial charge in [0.25, 0.3) is 0 Å². The lowest BCUT2D eigenvalue weighted by atomic mass is 10.3. The van der Waals surface area contributed by atoms with Gasteiger partial charge in [-0.05, 0) is 20.3 Å². The molecule has 2 atom stereocenters. The molecule has 0 amide bonds. The lowest BCUT2D eigenvalue weighted by Crippen LogP contribution is -2.41. The fraction of sp³-hybridized carbons (Fsp3) is 1.00. The molecular weight excluding hydrogens is 208 g/mol. The number of nitrogens with one attached hydrogen (secondary N) is 1. The van der Waals surface area contributed by atoms with Gasteiger partial charge in [-0.3, -0.25) is 4.90 Å². The monoisotopic (exact) mass is 225 g/mol. The van der Waals surface area contributed by atoms with Gasteiger partial charge in [0.15, 0.2) is 0 Å². The molecule has 0 aromatic carbocycles. The van der Waals surface area contributed by atoms with Gasteiger partial charge in [-0.2, -0.15) is 0 Å². The van der Waals surface area contributed by atoms with E-state index in [-0.39, 0.29) is 18.7 Å². The number of sulfonamides is 1. The molecule has 0 aliphatic rings. The van der Waals surface area contributed by atoms with E-state index in [1.807, 2.05) is 0 Å². The van der Waals surface area contributed by atoms with Crippen molar-refractivity contribution in [3.8, 4) is 0 Å². The smallest absolute Gasteiger partial charge is 0.225 e. The van der Waals surface area contributed by atoms with E-state index in [0.29, 0.717) is 0 Å². The summed E-state index contributed by atoms with van der Waals surface area (Å²) in [5, 5.41) is 25.0. The summed E-state index contributed by atoms with van der Waals surface area (Å²) in [5.74, 6) is -0.261. The van der Waals surface area contributed by atoms with Gasteiger partial charge in [0.2, 0.25) is 10.0 Å². The summed E-state index contributed by atoms with van der Waals surface area (Å²) in [7, 11) is -3.71. The fourth-order valence-corrected chi connectivity index (χ4v) is 1.63. The summed E-state index contributed by atoms with van der Waals surface area (Å²) >= 11 is 0. The Morgan fingerprint density at radius 1 is 1.29 bits per heavy atom. The van der Waals surface area contributed by atoms with Crippen LogP contribution in [0.15, 0.2) is 0 Å². The Kier molecular flexibility index (Phi) is 5.53. The maximum absolute atomic E-state index is 10.5. The number of aliphatic hydroxyl groups excluding tert-OH is 2. The molecule has 85 valence electrons. The molecule has 0 aromatic rings. The van der Waals surface area contributed by atoms with Crippen molar-refractivity contribution in [2.75, 3.05) is 12.3 Å². The van der Waals surface area contributed by atoms with Crippen molar-refractivity contribution >= 4 is 10.0 Å². The molecule has 0 spiro atoms. The maximum Gasteiger partial charge on any atom is 0.225 e. The molecule has 0 aliphatic carbocycles. The van der Waals surface area contributed by atoms with Crippen molar-refractivity contribution < 1.29 is 18.6 Å². The van der Waals surface area contributed by atoms with E-state index in [9.17, 15) is 18.6 Å². The van der Waals surface area contributed by atoms with Crippen molar-refractivity contribution in [2.45, 2.75) is 32.7 Å². The zero-order chi connectivity index (χ0) is 11.4. The fourth-order valence-electron chi connectivity index (χ4n) is 1.12. The highest BCUT2D eigenvalue weighted by Crippen LogP contribution is 2.02. The Labute approximate surface area is 84.4 Å². The van der Waals surface area contributed by atoms with Gasteiger partial charge in [-0.1, -0.05) is 0 Å². The Balaban J connectivity index is 3.96. The number of rotatable bonds is 6. The Bertz CT molecular complexity index is 242. The molecule has 0 saturated heterocycles. The van der Waals surface area contributed by atoms with E-state index in [1.54, 1.807) is 0 Å². The average molecular weight is 225 g/mol. The maximum atomic E-state index is 10.5. The van der Waals surface area contributed by atoms with Gasteiger partial charge < -0.3 is 10.2 Å². The predicted octanol–water partition coefficient (Wildman–Crippen LogP) is -1.03. The molecule has 0 bridgehead atoms. The second-order valence-electron chi connectivity index (χ2n) is 3.17. The first-order valence-electron chi connectivity index (χ1n) is 4.33. The zero-order valence-electron chi connectivity index (χ0n) is 8.34. The summed E-state index contributed by atoms with van der Waals surface area (Å²) in [6, 6.07) is 0. The summed E-state index contributed by atoms with van der Waals surface area (Å²) in [6.07, 6.45) is -1.44. The minimum Gasteiger partial charge on any atom is -0.379 e. The van der Waals surface area contributed by atoms with E-state index in [0.717, 1.165) is 0 Å². The van der Waals surface area contributed by atoms with Crippen LogP contribution in [0, 0.1) is 0 Å². The van der Waals surface area contributed by atoms with Crippen LogP contribution in [0.5, 0.6) is 0 Å². The zero-order valence-corrected chi connectivity index (χ0v) is 9.16. The predicted molar refractivity (Wildman–Crippen MR) is 51.6 cm³/mol. The normalized spacial score (nSPS) is 17.0. The van der Waals surface area contributed by atoms with Crippen LogP contribution in [-0.2, 0) is 10.0 Å². The third-order valence-electron chi connectivity index (χ3n) is 1.79. The molecule has 1 radical (unpaired) electrons. The lowest BCUT2D eigenvalue weighted by molar-refractivity contribution is -0.0835. The highest BCUT2D eigenvalue weighted by Gasteiger charge is 2.16. The molecule has 0 rings (SSSR count). The quantitative estimate of drug-likeness (QED) is 0.563. The average Bonchev–Trinajstić information content (AvgIpc) is 1.94. The number of hydrogen-bond acceptors (Lipinski definition) is 5. The summed E-state index contributed by atoms with van der Waals surface area (Å²) in [5.41, 5.74) is 0. The van der Waals surface area contributed by atoms with Crippen molar-refractivity contribution in [1.29, 1.82) is 0 Å². The topological polar surface area (TPSA) is 102 Å². The van der Waals surface area contributed by atoms with Gasteiger partial charge in [0, 0.05) is 6.54 Å². The second kappa shape index (κ2) is 5.62. The van der Waals surface area contributed by atoms with Gasteiger partial charge >= 0.3 is 0 Å². The molecule has 2 unspecified atom stereocenters. The summed E-state index contributed by atoms with van der Waals surface area (Å²) in [4.78, 5) is 1.34. The van der Waals surface area contributed by atoms with E-state index in [1.165, 1.54) is 18.7 Å². The first kappa shape index (κ1) is 13.8. The highest BCUT2D eigenvalue weighted by atomic mass is 32.2. The van der Waals surface area contributed by atoms with Crippen molar-refractivity contribution in [3.05, 3.63) is 0 Å². The minimum atomic E-state index is -3.71. The third-order valence-corrected chi connectivity index (χ3v) is 2.62. The molecule has 0 heterocycles. The van der Waals surface area contributed by atoms with E-state index >= 15 is 0 Å². The van der Waals surface area contributed by atoms with Crippen molar-refractivity contribution in [3.63, 3.8) is 0 Å². The Hall–Kier alpha value is -0.210. The third kappa shape index (κ3) is 6.28. The molecule has 0 aliphatic heterocycles. The van der Waals surface area contributed by atoms with Crippen LogP contribution in [0.3, 0.4) is 0 Å². The van der Waals surface area contributed by atoms with Gasteiger partial charge in [-0.25, -0.2) is 8.42 Å². The van der Waals surface area contributed by atoms with Gasteiger partial charge in [0.05, 0.1) is 5.75 Å². The van der Waals surface area contributed by atoms with Crippen LogP contribution in [0.25, 0.3) is 0 Å². The molecule has 3 N–H and O–H groups in total. The number of aliphatic hydroxyl groups is 2. The first-order chi connectivity index (χ1) is 6.24. The van der Waals surface area contributed by atoms with E-state index in [4.69, 9.17) is 5.14 Å². The van der Waals surface area contributed by atoms with Crippen molar-refractivity contribution in [1.82, 2.24) is 10.0 Å². The van der Waals surface area contributed by atoms with E-state index < -0.39 is 22.5 Å². The number of hydrogen-bond donors (Lipinski definition) is 2. The summed E-state index contributed by atoms with van der Waals surface area (Å²) in [6.45, 7) is 3.22. The molecular formula is C7H17N2O4S. The highest BCUT2D eigenvalue weighted by molar-refractivity contribution is 7.88. The van der Waals surface area contributed by atoms with Gasteiger partial charge in [0.1, 0.15) is 12.5 Å². The van der Waals surface area contributed by atoms with Crippen LogP contribution >= 0.6 is 0 Å². The van der Waals surface area contributed by atoms with Crippen LogP contribution in [0.4, 0.5) is 0 Å². The Morgan fingerprint density at radius 2 is 1.71 bits per heavy atom. The molecule has 14 heavy (non-hydrogen) atoms. The SMILES string of the molecule is CC(O)N(CCCS([NH])(=O)=O)C(C)O. The first-order valence-corrected chi connectivity index (χ1v) is 5.98. The van der Waals surface area contributed by atoms with Crippen LogP contribution in [0.2, 0.25) is 0 Å². The second-order valence-corrected chi connectivity index (χ2v) is 4.81. The molecule has 6 nitrogen and oxygen atoms in total. The van der Waals surface area contributed by atoms with Gasteiger partial charge in [-0.15, -0.1) is 5.14 Å². The molecule has 0 aromatic heterocycles. The van der Waals surface area contributed by atoms with E-state index in [2.05, 4.69) is 0 Å². The number of nitrogens with zero attached hydrogens (tertiary/aromatic N) is 1.